The first-order valence-corrected chi connectivity index (χ1v) is 5.26. The zero-order valence-corrected chi connectivity index (χ0v) is 10.5. The van der Waals surface area contributed by atoms with Crippen LogP contribution in [0.4, 0.5) is 0 Å². The van der Waals surface area contributed by atoms with Gasteiger partial charge in [-0.05, 0) is 33.9 Å². The van der Waals surface area contributed by atoms with E-state index in [4.69, 9.17) is 4.42 Å². The van der Waals surface area contributed by atoms with Crippen molar-refractivity contribution in [2.45, 2.75) is 32.7 Å². The first kappa shape index (κ1) is 12.8. The van der Waals surface area contributed by atoms with Gasteiger partial charge in [0, 0.05) is 12.0 Å². The lowest BCUT2D eigenvalue weighted by molar-refractivity contribution is 0.0599. The van der Waals surface area contributed by atoms with Crippen LogP contribution in [0.5, 0.6) is 0 Å². The summed E-state index contributed by atoms with van der Waals surface area (Å²) in [6, 6.07) is 1.75. The average Bonchev–Trinajstić information content (AvgIpc) is 2.57. The Labute approximate surface area is 96.0 Å². The van der Waals surface area contributed by atoms with Crippen molar-refractivity contribution in [3.05, 3.63) is 23.2 Å². The summed E-state index contributed by atoms with van der Waals surface area (Å²) in [4.78, 5) is 11.4. The molecular weight excluding hydrogens is 206 g/mol. The molecule has 16 heavy (non-hydrogen) atoms. The molecule has 0 spiro atoms. The Morgan fingerprint density at radius 3 is 2.69 bits per heavy atom. The van der Waals surface area contributed by atoms with Gasteiger partial charge in [0.2, 0.25) is 0 Å². The van der Waals surface area contributed by atoms with Crippen molar-refractivity contribution in [2.24, 2.45) is 0 Å². The third kappa shape index (κ3) is 2.85. The fourth-order valence-corrected chi connectivity index (χ4v) is 1.47. The van der Waals surface area contributed by atoms with E-state index in [-0.39, 0.29) is 11.5 Å². The normalized spacial score (nSPS) is 11.6. The van der Waals surface area contributed by atoms with Crippen LogP contribution >= 0.6 is 0 Å². The molecule has 0 bridgehead atoms. The zero-order valence-electron chi connectivity index (χ0n) is 10.5. The molecular formula is C12H19NO3. The molecule has 90 valence electrons. The van der Waals surface area contributed by atoms with E-state index in [2.05, 4.69) is 23.9 Å². The van der Waals surface area contributed by atoms with Gasteiger partial charge >= 0.3 is 5.97 Å². The number of aryl methyl sites for hydroxylation is 1. The van der Waals surface area contributed by atoms with Crippen molar-refractivity contribution in [3.8, 4) is 0 Å². The quantitative estimate of drug-likeness (QED) is 0.795. The van der Waals surface area contributed by atoms with E-state index < -0.39 is 0 Å². The standard InChI is InChI=1S/C12H19NO3/c1-8-10(11(14)15-5)6-9(16-8)7-12(2,3)13-4/h6,13H,7H2,1-5H3. The molecule has 0 fully saturated rings. The van der Waals surface area contributed by atoms with Gasteiger partial charge in [-0.25, -0.2) is 4.79 Å². The van der Waals surface area contributed by atoms with Gasteiger partial charge in [-0.15, -0.1) is 0 Å². The summed E-state index contributed by atoms with van der Waals surface area (Å²) in [6.45, 7) is 5.91. The summed E-state index contributed by atoms with van der Waals surface area (Å²) in [6.07, 6.45) is 0.724. The van der Waals surface area contributed by atoms with Crippen LogP contribution in [-0.4, -0.2) is 25.7 Å². The van der Waals surface area contributed by atoms with Crippen LogP contribution in [0.25, 0.3) is 0 Å². The number of carbonyl (C=O) groups excluding carboxylic acids is 1. The van der Waals surface area contributed by atoms with Gasteiger partial charge in [-0.2, -0.15) is 0 Å². The summed E-state index contributed by atoms with van der Waals surface area (Å²) in [5.74, 6) is 1.04. The SMILES string of the molecule is CNC(C)(C)Cc1cc(C(=O)OC)c(C)o1. The molecule has 0 aromatic carbocycles. The largest absolute Gasteiger partial charge is 0.465 e. The molecule has 0 atom stereocenters. The Kier molecular flexibility index (Phi) is 3.75. The van der Waals surface area contributed by atoms with Crippen LogP contribution in [-0.2, 0) is 11.2 Å². The summed E-state index contributed by atoms with van der Waals surface area (Å²) in [5, 5.41) is 3.19. The van der Waals surface area contributed by atoms with Gasteiger partial charge < -0.3 is 14.5 Å². The smallest absolute Gasteiger partial charge is 0.341 e. The van der Waals surface area contributed by atoms with Crippen molar-refractivity contribution in [2.75, 3.05) is 14.2 Å². The van der Waals surface area contributed by atoms with Gasteiger partial charge in [0.25, 0.3) is 0 Å². The number of rotatable bonds is 4. The number of carbonyl (C=O) groups is 1. The Hall–Kier alpha value is -1.29. The van der Waals surface area contributed by atoms with E-state index in [0.717, 1.165) is 12.2 Å². The van der Waals surface area contributed by atoms with E-state index >= 15 is 0 Å². The predicted octanol–water partition coefficient (Wildman–Crippen LogP) is 1.92. The van der Waals surface area contributed by atoms with Crippen molar-refractivity contribution >= 4 is 5.97 Å². The lowest BCUT2D eigenvalue weighted by atomic mass is 9.99. The molecule has 4 nitrogen and oxygen atoms in total. The number of hydrogen-bond acceptors (Lipinski definition) is 4. The summed E-state index contributed by atoms with van der Waals surface area (Å²) in [5.41, 5.74) is 0.446. The average molecular weight is 225 g/mol. The van der Waals surface area contributed by atoms with Crippen molar-refractivity contribution in [1.82, 2.24) is 5.32 Å². The Balaban J connectivity index is 2.89. The first-order chi connectivity index (χ1) is 7.39. The summed E-state index contributed by atoms with van der Waals surface area (Å²) < 4.78 is 10.2. The fraction of sp³-hybridized carbons (Fsp3) is 0.583. The lowest BCUT2D eigenvalue weighted by Gasteiger charge is -2.22. The monoisotopic (exact) mass is 225 g/mol. The highest BCUT2D eigenvalue weighted by atomic mass is 16.5. The molecule has 0 saturated heterocycles. The topological polar surface area (TPSA) is 51.5 Å². The number of furan rings is 1. The maximum absolute atomic E-state index is 11.4. The minimum absolute atomic E-state index is 0.0579. The Morgan fingerprint density at radius 2 is 2.19 bits per heavy atom. The van der Waals surface area contributed by atoms with E-state index in [9.17, 15) is 4.79 Å². The number of esters is 1. The maximum Gasteiger partial charge on any atom is 0.341 e. The summed E-state index contributed by atoms with van der Waals surface area (Å²) >= 11 is 0. The van der Waals surface area contributed by atoms with Gasteiger partial charge in [0.1, 0.15) is 17.1 Å². The van der Waals surface area contributed by atoms with E-state index in [1.54, 1.807) is 13.0 Å². The van der Waals surface area contributed by atoms with Crippen LogP contribution in [0.15, 0.2) is 10.5 Å². The molecule has 0 amide bonds. The highest BCUT2D eigenvalue weighted by Gasteiger charge is 2.21. The highest BCUT2D eigenvalue weighted by Crippen LogP contribution is 2.19. The molecule has 1 rings (SSSR count). The van der Waals surface area contributed by atoms with Crippen molar-refractivity contribution < 1.29 is 13.9 Å². The van der Waals surface area contributed by atoms with Crippen LogP contribution < -0.4 is 5.32 Å². The number of nitrogens with one attached hydrogen (secondary N) is 1. The maximum atomic E-state index is 11.4. The first-order valence-electron chi connectivity index (χ1n) is 5.26. The van der Waals surface area contributed by atoms with E-state index in [1.807, 2.05) is 7.05 Å². The Morgan fingerprint density at radius 1 is 1.56 bits per heavy atom. The third-order valence-electron chi connectivity index (χ3n) is 2.67. The van der Waals surface area contributed by atoms with Crippen molar-refractivity contribution in [3.63, 3.8) is 0 Å². The van der Waals surface area contributed by atoms with Gasteiger partial charge in [-0.1, -0.05) is 0 Å². The van der Waals surface area contributed by atoms with Gasteiger partial charge in [0.15, 0.2) is 0 Å². The molecule has 1 aromatic rings. The lowest BCUT2D eigenvalue weighted by Crippen LogP contribution is -2.38. The summed E-state index contributed by atoms with van der Waals surface area (Å²) in [7, 11) is 3.27. The van der Waals surface area contributed by atoms with Gasteiger partial charge in [-0.3, -0.25) is 0 Å². The minimum Gasteiger partial charge on any atom is -0.465 e. The van der Waals surface area contributed by atoms with Crippen LogP contribution in [0.2, 0.25) is 0 Å². The van der Waals surface area contributed by atoms with E-state index in [0.29, 0.717) is 11.3 Å². The number of likely N-dealkylation sites (N-methyl/N-ethyl adjacent to an activating group) is 1. The molecule has 0 saturated carbocycles. The van der Waals surface area contributed by atoms with Crippen LogP contribution in [0, 0.1) is 6.92 Å². The number of methoxy groups -OCH3 is 1. The van der Waals surface area contributed by atoms with Gasteiger partial charge in [0.05, 0.1) is 7.11 Å². The third-order valence-corrected chi connectivity index (χ3v) is 2.67. The molecule has 0 radical (unpaired) electrons. The van der Waals surface area contributed by atoms with Crippen LogP contribution in [0.3, 0.4) is 0 Å². The second-order valence-electron chi connectivity index (χ2n) is 4.48. The Bertz CT molecular complexity index is 380. The second kappa shape index (κ2) is 4.70. The number of hydrogen-bond donors (Lipinski definition) is 1. The van der Waals surface area contributed by atoms with Crippen LogP contribution in [0.1, 0.15) is 35.7 Å². The molecule has 4 heteroatoms. The predicted molar refractivity (Wildman–Crippen MR) is 61.6 cm³/mol. The molecule has 1 aromatic heterocycles. The van der Waals surface area contributed by atoms with E-state index in [1.165, 1.54) is 7.11 Å². The number of ether oxygens (including phenoxy) is 1. The molecule has 0 unspecified atom stereocenters. The van der Waals surface area contributed by atoms with Crippen molar-refractivity contribution in [1.29, 1.82) is 0 Å². The molecule has 1 N–H and O–H groups in total. The molecule has 0 aliphatic heterocycles. The zero-order chi connectivity index (χ0) is 12.3. The molecule has 1 heterocycles. The minimum atomic E-state index is -0.352. The molecule has 0 aliphatic carbocycles. The highest BCUT2D eigenvalue weighted by molar-refractivity contribution is 5.90. The molecule has 0 aliphatic rings. The fourth-order valence-electron chi connectivity index (χ4n) is 1.47. The second-order valence-corrected chi connectivity index (χ2v) is 4.48.